The van der Waals surface area contributed by atoms with Crippen LogP contribution in [0.4, 0.5) is 4.79 Å². The van der Waals surface area contributed by atoms with Gasteiger partial charge >= 0.3 is 6.09 Å². The minimum atomic E-state index is -0.813. The van der Waals surface area contributed by atoms with E-state index in [1.54, 1.807) is 36.1 Å². The van der Waals surface area contributed by atoms with Crippen LogP contribution in [0.15, 0.2) is 41.4 Å². The first-order valence-corrected chi connectivity index (χ1v) is 9.78. The van der Waals surface area contributed by atoms with E-state index in [0.29, 0.717) is 10.6 Å². The number of Topliss-reactive ketones (excluding diaryl/α,β-unsaturated/α-hetero) is 1. The molecular formula is C18H15N3O4S2. The Morgan fingerprint density at radius 1 is 1.15 bits per heavy atom. The van der Waals surface area contributed by atoms with Crippen LogP contribution in [0.5, 0.6) is 0 Å². The van der Waals surface area contributed by atoms with Gasteiger partial charge in [0.2, 0.25) is 0 Å². The number of nitrogens with one attached hydrogen (secondary N) is 1. The number of carbonyl (C=O) groups excluding carboxylic acids is 3. The Morgan fingerprint density at radius 3 is 2.67 bits per heavy atom. The van der Waals surface area contributed by atoms with E-state index >= 15 is 0 Å². The van der Waals surface area contributed by atoms with Gasteiger partial charge in [-0.2, -0.15) is 0 Å². The van der Waals surface area contributed by atoms with Crippen molar-refractivity contribution < 1.29 is 19.1 Å². The molecule has 0 bridgehead atoms. The molecule has 0 spiro atoms. The predicted octanol–water partition coefficient (Wildman–Crippen LogP) is 3.58. The highest BCUT2D eigenvalue weighted by Gasteiger charge is 2.20. The highest BCUT2D eigenvalue weighted by Crippen LogP contribution is 2.25. The molecule has 0 aliphatic carbocycles. The fourth-order valence-corrected chi connectivity index (χ4v) is 3.97. The summed E-state index contributed by atoms with van der Waals surface area (Å²) in [6.07, 6.45) is 2.55. The SMILES string of the molecule is CCOC(=O)NC(=O)c1ccsc1CC(=O)c1csc(-c2ccncc2)n1. The van der Waals surface area contributed by atoms with Crippen molar-refractivity contribution in [1.29, 1.82) is 0 Å². The van der Waals surface area contributed by atoms with Crippen molar-refractivity contribution in [3.05, 3.63) is 57.5 Å². The number of pyridine rings is 1. The molecule has 1 N–H and O–H groups in total. The van der Waals surface area contributed by atoms with Crippen molar-refractivity contribution in [2.75, 3.05) is 6.61 Å². The smallest absolute Gasteiger partial charge is 0.414 e. The normalized spacial score (nSPS) is 10.4. The molecule has 138 valence electrons. The van der Waals surface area contributed by atoms with Crippen molar-refractivity contribution in [1.82, 2.24) is 15.3 Å². The lowest BCUT2D eigenvalue weighted by atomic mass is 10.1. The number of hydrogen-bond acceptors (Lipinski definition) is 8. The fraction of sp³-hybridized carbons (Fsp3) is 0.167. The van der Waals surface area contributed by atoms with Crippen LogP contribution in [0.3, 0.4) is 0 Å². The van der Waals surface area contributed by atoms with Crippen LogP contribution in [-0.2, 0) is 11.2 Å². The lowest BCUT2D eigenvalue weighted by molar-refractivity contribution is 0.0925. The summed E-state index contributed by atoms with van der Waals surface area (Å²) in [6, 6.07) is 5.22. The molecule has 0 unspecified atom stereocenters. The second kappa shape index (κ2) is 8.65. The largest absolute Gasteiger partial charge is 0.450 e. The fourth-order valence-electron chi connectivity index (χ4n) is 2.27. The molecule has 9 heteroatoms. The number of thiophene rings is 1. The molecule has 0 aromatic carbocycles. The maximum absolute atomic E-state index is 12.6. The zero-order chi connectivity index (χ0) is 19.2. The maximum atomic E-state index is 12.6. The number of alkyl carbamates (subject to hydrolysis) is 1. The van der Waals surface area contributed by atoms with Gasteiger partial charge in [-0.05, 0) is 30.5 Å². The van der Waals surface area contributed by atoms with Gasteiger partial charge < -0.3 is 4.74 Å². The molecule has 0 atom stereocenters. The van der Waals surface area contributed by atoms with Crippen LogP contribution >= 0.6 is 22.7 Å². The summed E-state index contributed by atoms with van der Waals surface area (Å²) >= 11 is 2.65. The monoisotopic (exact) mass is 401 g/mol. The van der Waals surface area contributed by atoms with E-state index in [9.17, 15) is 14.4 Å². The summed E-state index contributed by atoms with van der Waals surface area (Å²) in [6.45, 7) is 1.81. The standard InChI is InChI=1S/C18H15N3O4S2/c1-2-25-18(24)21-16(23)12-5-8-26-15(12)9-14(22)13-10-27-17(20-13)11-3-6-19-7-4-11/h3-8,10H,2,9H2,1H3,(H,21,23,24). The second-order valence-electron chi connectivity index (χ2n) is 5.31. The predicted molar refractivity (Wildman–Crippen MR) is 102 cm³/mol. The van der Waals surface area contributed by atoms with Gasteiger partial charge in [-0.15, -0.1) is 22.7 Å². The first-order chi connectivity index (χ1) is 13.1. The molecule has 0 saturated heterocycles. The molecule has 0 aliphatic rings. The van der Waals surface area contributed by atoms with Gasteiger partial charge in [-0.1, -0.05) is 0 Å². The van der Waals surface area contributed by atoms with Gasteiger partial charge in [0.05, 0.1) is 12.2 Å². The summed E-state index contributed by atoms with van der Waals surface area (Å²) in [7, 11) is 0. The molecule has 27 heavy (non-hydrogen) atoms. The van der Waals surface area contributed by atoms with Crippen LogP contribution in [0.25, 0.3) is 10.6 Å². The third kappa shape index (κ3) is 4.63. The Kier molecular flexibility index (Phi) is 6.05. The number of ether oxygens (including phenoxy) is 1. The zero-order valence-electron chi connectivity index (χ0n) is 14.3. The lowest BCUT2D eigenvalue weighted by Gasteiger charge is -2.04. The average molecular weight is 401 g/mol. The number of imide groups is 1. The quantitative estimate of drug-likeness (QED) is 0.634. The summed E-state index contributed by atoms with van der Waals surface area (Å²) < 4.78 is 4.70. The molecule has 3 rings (SSSR count). The van der Waals surface area contributed by atoms with Crippen molar-refractivity contribution in [3.63, 3.8) is 0 Å². The topological polar surface area (TPSA) is 98.2 Å². The van der Waals surface area contributed by atoms with Crippen molar-refractivity contribution >= 4 is 40.5 Å². The Balaban J connectivity index is 1.71. The minimum Gasteiger partial charge on any atom is -0.450 e. The number of rotatable bonds is 6. The van der Waals surface area contributed by atoms with E-state index in [1.165, 1.54) is 22.7 Å². The highest BCUT2D eigenvalue weighted by molar-refractivity contribution is 7.13. The van der Waals surface area contributed by atoms with Crippen molar-refractivity contribution in [2.45, 2.75) is 13.3 Å². The van der Waals surface area contributed by atoms with Crippen LogP contribution in [0.1, 0.15) is 32.6 Å². The van der Waals surface area contributed by atoms with Gasteiger partial charge in [0, 0.05) is 34.6 Å². The van der Waals surface area contributed by atoms with E-state index < -0.39 is 12.0 Å². The van der Waals surface area contributed by atoms with E-state index in [0.717, 1.165) is 10.6 Å². The highest BCUT2D eigenvalue weighted by atomic mass is 32.1. The number of carbonyl (C=O) groups is 3. The van der Waals surface area contributed by atoms with Gasteiger partial charge in [0.25, 0.3) is 5.91 Å². The number of hydrogen-bond donors (Lipinski definition) is 1. The Bertz CT molecular complexity index is 966. The second-order valence-corrected chi connectivity index (χ2v) is 7.16. The third-order valence-electron chi connectivity index (χ3n) is 3.52. The summed E-state index contributed by atoms with van der Waals surface area (Å²) in [5, 5.41) is 6.27. The zero-order valence-corrected chi connectivity index (χ0v) is 15.9. The van der Waals surface area contributed by atoms with Gasteiger partial charge in [-0.25, -0.2) is 9.78 Å². The Hall–Kier alpha value is -2.91. The third-order valence-corrected chi connectivity index (χ3v) is 5.33. The van der Waals surface area contributed by atoms with Crippen molar-refractivity contribution in [2.24, 2.45) is 0 Å². The van der Waals surface area contributed by atoms with Gasteiger partial charge in [0.15, 0.2) is 5.78 Å². The molecule has 2 amide bonds. The molecule has 7 nitrogen and oxygen atoms in total. The van der Waals surface area contributed by atoms with Crippen LogP contribution in [0, 0.1) is 0 Å². The average Bonchev–Trinajstić information content (AvgIpc) is 3.32. The van der Waals surface area contributed by atoms with Crippen LogP contribution < -0.4 is 5.32 Å². The lowest BCUT2D eigenvalue weighted by Crippen LogP contribution is -2.31. The molecule has 0 fully saturated rings. The molecule has 3 heterocycles. The number of nitrogens with zero attached hydrogens (tertiary/aromatic N) is 2. The molecule has 3 aromatic heterocycles. The maximum Gasteiger partial charge on any atom is 0.414 e. The van der Waals surface area contributed by atoms with Crippen LogP contribution in [-0.4, -0.2) is 34.4 Å². The number of thiazole rings is 1. The van der Waals surface area contributed by atoms with Gasteiger partial charge in [0.1, 0.15) is 10.7 Å². The minimum absolute atomic E-state index is 0.0305. The summed E-state index contributed by atoms with van der Waals surface area (Å²) in [5.41, 5.74) is 1.52. The first-order valence-electron chi connectivity index (χ1n) is 8.02. The first kappa shape index (κ1) is 18.9. The number of amides is 2. The van der Waals surface area contributed by atoms with Crippen LogP contribution in [0.2, 0.25) is 0 Å². The molecule has 0 radical (unpaired) electrons. The number of ketones is 1. The Morgan fingerprint density at radius 2 is 1.93 bits per heavy atom. The van der Waals surface area contributed by atoms with Gasteiger partial charge in [-0.3, -0.25) is 19.9 Å². The Labute approximate surface area is 163 Å². The molecule has 3 aromatic rings. The van der Waals surface area contributed by atoms with E-state index in [-0.39, 0.29) is 24.4 Å². The van der Waals surface area contributed by atoms with E-state index in [4.69, 9.17) is 4.74 Å². The number of aromatic nitrogens is 2. The molecular weight excluding hydrogens is 386 g/mol. The van der Waals surface area contributed by atoms with E-state index in [2.05, 4.69) is 15.3 Å². The van der Waals surface area contributed by atoms with Crippen molar-refractivity contribution in [3.8, 4) is 10.6 Å². The molecule has 0 saturated carbocycles. The van der Waals surface area contributed by atoms with E-state index in [1.807, 2.05) is 12.1 Å². The summed E-state index contributed by atoms with van der Waals surface area (Å²) in [4.78, 5) is 45.1. The summed E-state index contributed by atoms with van der Waals surface area (Å²) in [5.74, 6) is -0.785. The molecule has 0 aliphatic heterocycles.